The molecule has 17 heavy (non-hydrogen) atoms. The fourth-order valence-electron chi connectivity index (χ4n) is 2.37. The molecule has 0 saturated carbocycles. The monoisotopic (exact) mass is 233 g/mol. The van der Waals surface area contributed by atoms with Crippen LogP contribution in [0, 0.1) is 18.3 Å². The number of hydrogen-bond acceptors (Lipinski definition) is 1. The third-order valence-corrected chi connectivity index (χ3v) is 2.95. The zero-order valence-electron chi connectivity index (χ0n) is 12.0. The van der Waals surface area contributed by atoms with Crippen molar-refractivity contribution in [2.45, 2.75) is 47.5 Å². The molecule has 1 atom stereocenters. The molecule has 0 radical (unpaired) electrons. The van der Waals surface area contributed by atoms with Gasteiger partial charge in [0.05, 0.1) is 0 Å². The van der Waals surface area contributed by atoms with Crippen LogP contribution >= 0.6 is 0 Å². The Morgan fingerprint density at radius 3 is 2.53 bits per heavy atom. The van der Waals surface area contributed by atoms with Crippen LogP contribution in [0.25, 0.3) is 0 Å². The van der Waals surface area contributed by atoms with E-state index in [1.54, 1.807) is 0 Å². The Balaban J connectivity index is 2.28. The maximum atomic E-state index is 3.50. The van der Waals surface area contributed by atoms with Crippen molar-refractivity contribution in [2.75, 3.05) is 11.9 Å². The van der Waals surface area contributed by atoms with Gasteiger partial charge in [0.15, 0.2) is 0 Å². The van der Waals surface area contributed by atoms with E-state index in [2.05, 4.69) is 64.2 Å². The van der Waals surface area contributed by atoms with E-state index in [1.807, 2.05) is 0 Å². The lowest BCUT2D eigenvalue weighted by molar-refractivity contribution is 0.300. The molecule has 0 saturated heterocycles. The van der Waals surface area contributed by atoms with Crippen LogP contribution in [0.5, 0.6) is 0 Å². The summed E-state index contributed by atoms with van der Waals surface area (Å²) in [6.45, 7) is 12.5. The first-order valence-electron chi connectivity index (χ1n) is 6.67. The van der Waals surface area contributed by atoms with Crippen molar-refractivity contribution in [1.82, 2.24) is 0 Å². The summed E-state index contributed by atoms with van der Waals surface area (Å²) in [5.41, 5.74) is 3.01. The van der Waals surface area contributed by atoms with E-state index in [0.717, 1.165) is 12.5 Å². The minimum atomic E-state index is 0.447. The van der Waals surface area contributed by atoms with Crippen LogP contribution in [0.3, 0.4) is 0 Å². The molecule has 1 heteroatoms. The summed E-state index contributed by atoms with van der Waals surface area (Å²) in [6, 6.07) is 8.58. The van der Waals surface area contributed by atoms with Gasteiger partial charge in [-0.25, -0.2) is 0 Å². The van der Waals surface area contributed by atoms with E-state index in [4.69, 9.17) is 0 Å². The van der Waals surface area contributed by atoms with Crippen molar-refractivity contribution in [2.24, 2.45) is 11.3 Å². The van der Waals surface area contributed by atoms with Crippen molar-refractivity contribution in [1.29, 1.82) is 0 Å². The SMILES string of the molecule is Cc1cccc(NCCC(C)CC(C)(C)C)c1. The highest BCUT2D eigenvalue weighted by atomic mass is 14.9. The molecule has 0 aliphatic carbocycles. The molecule has 1 nitrogen and oxygen atoms in total. The third-order valence-electron chi connectivity index (χ3n) is 2.95. The molecular weight excluding hydrogens is 206 g/mol. The van der Waals surface area contributed by atoms with E-state index in [-0.39, 0.29) is 0 Å². The second-order valence-corrected chi connectivity index (χ2v) is 6.45. The van der Waals surface area contributed by atoms with Gasteiger partial charge in [0.2, 0.25) is 0 Å². The number of hydrogen-bond donors (Lipinski definition) is 1. The number of rotatable bonds is 5. The Labute approximate surface area is 107 Å². The normalized spacial score (nSPS) is 13.5. The average molecular weight is 233 g/mol. The minimum Gasteiger partial charge on any atom is -0.385 e. The van der Waals surface area contributed by atoms with E-state index >= 15 is 0 Å². The van der Waals surface area contributed by atoms with Crippen LogP contribution in [0.2, 0.25) is 0 Å². The van der Waals surface area contributed by atoms with Gasteiger partial charge in [-0.3, -0.25) is 0 Å². The van der Waals surface area contributed by atoms with Crippen LogP contribution in [-0.2, 0) is 0 Å². The molecule has 0 heterocycles. The number of anilines is 1. The van der Waals surface area contributed by atoms with E-state index < -0.39 is 0 Å². The van der Waals surface area contributed by atoms with Crippen molar-refractivity contribution >= 4 is 5.69 Å². The van der Waals surface area contributed by atoms with Gasteiger partial charge in [-0.05, 0) is 48.8 Å². The van der Waals surface area contributed by atoms with Crippen molar-refractivity contribution < 1.29 is 0 Å². The molecular formula is C16H27N. The highest BCUT2D eigenvalue weighted by Gasteiger charge is 2.14. The maximum absolute atomic E-state index is 3.50. The summed E-state index contributed by atoms with van der Waals surface area (Å²) in [7, 11) is 0. The molecule has 1 aromatic rings. The molecule has 1 aromatic carbocycles. The average Bonchev–Trinajstić information content (AvgIpc) is 2.14. The predicted octanol–water partition coefficient (Wildman–Crippen LogP) is 4.87. The number of nitrogens with one attached hydrogen (secondary N) is 1. The second-order valence-electron chi connectivity index (χ2n) is 6.45. The summed E-state index contributed by atoms with van der Waals surface area (Å²) in [5, 5.41) is 3.50. The summed E-state index contributed by atoms with van der Waals surface area (Å²) in [4.78, 5) is 0. The lowest BCUT2D eigenvalue weighted by Crippen LogP contribution is -2.14. The van der Waals surface area contributed by atoms with Crippen LogP contribution in [0.15, 0.2) is 24.3 Å². The van der Waals surface area contributed by atoms with Gasteiger partial charge < -0.3 is 5.32 Å². The quantitative estimate of drug-likeness (QED) is 0.765. The van der Waals surface area contributed by atoms with Gasteiger partial charge in [-0.2, -0.15) is 0 Å². The Hall–Kier alpha value is -0.980. The Kier molecular flexibility index (Phi) is 5.04. The van der Waals surface area contributed by atoms with Gasteiger partial charge in [0.1, 0.15) is 0 Å². The molecule has 1 rings (SSSR count). The highest BCUT2D eigenvalue weighted by molar-refractivity contribution is 5.45. The van der Waals surface area contributed by atoms with Crippen LogP contribution in [0.4, 0.5) is 5.69 Å². The van der Waals surface area contributed by atoms with Gasteiger partial charge in [0.25, 0.3) is 0 Å². The molecule has 0 aliphatic rings. The Bertz CT molecular complexity index is 336. The summed E-state index contributed by atoms with van der Waals surface area (Å²) < 4.78 is 0. The van der Waals surface area contributed by atoms with E-state index in [9.17, 15) is 0 Å². The van der Waals surface area contributed by atoms with Crippen molar-refractivity contribution in [3.63, 3.8) is 0 Å². The van der Waals surface area contributed by atoms with Gasteiger partial charge in [-0.15, -0.1) is 0 Å². The van der Waals surface area contributed by atoms with Gasteiger partial charge >= 0.3 is 0 Å². The van der Waals surface area contributed by atoms with Crippen LogP contribution in [-0.4, -0.2) is 6.54 Å². The lowest BCUT2D eigenvalue weighted by Gasteiger charge is -2.23. The molecule has 0 spiro atoms. The largest absolute Gasteiger partial charge is 0.385 e. The molecule has 0 aliphatic heterocycles. The Morgan fingerprint density at radius 1 is 1.24 bits per heavy atom. The summed E-state index contributed by atoms with van der Waals surface area (Å²) >= 11 is 0. The molecule has 0 fully saturated rings. The van der Waals surface area contributed by atoms with Crippen molar-refractivity contribution in [3.8, 4) is 0 Å². The highest BCUT2D eigenvalue weighted by Crippen LogP contribution is 2.25. The smallest absolute Gasteiger partial charge is 0.0342 e. The predicted molar refractivity (Wildman–Crippen MR) is 77.5 cm³/mol. The molecule has 1 N–H and O–H groups in total. The van der Waals surface area contributed by atoms with Crippen LogP contribution < -0.4 is 5.32 Å². The standard InChI is InChI=1S/C16H27N/c1-13-7-6-8-15(11-13)17-10-9-14(2)12-16(3,4)5/h6-8,11,14,17H,9-10,12H2,1-5H3. The summed E-state index contributed by atoms with van der Waals surface area (Å²) in [5.74, 6) is 0.785. The lowest BCUT2D eigenvalue weighted by atomic mass is 9.84. The topological polar surface area (TPSA) is 12.0 Å². The number of aryl methyl sites for hydroxylation is 1. The fourth-order valence-corrected chi connectivity index (χ4v) is 2.37. The zero-order chi connectivity index (χ0) is 12.9. The molecule has 1 unspecified atom stereocenters. The molecule has 0 amide bonds. The third kappa shape index (κ3) is 6.35. The first kappa shape index (κ1) is 14.1. The van der Waals surface area contributed by atoms with Crippen LogP contribution in [0.1, 0.15) is 46.1 Å². The minimum absolute atomic E-state index is 0.447. The zero-order valence-corrected chi connectivity index (χ0v) is 12.0. The molecule has 0 aromatic heterocycles. The van der Waals surface area contributed by atoms with Crippen molar-refractivity contribution in [3.05, 3.63) is 29.8 Å². The van der Waals surface area contributed by atoms with E-state index in [1.165, 1.54) is 24.1 Å². The van der Waals surface area contributed by atoms with E-state index in [0.29, 0.717) is 5.41 Å². The summed E-state index contributed by atoms with van der Waals surface area (Å²) in [6.07, 6.45) is 2.54. The maximum Gasteiger partial charge on any atom is 0.0342 e. The molecule has 0 bridgehead atoms. The second kappa shape index (κ2) is 6.09. The first-order valence-corrected chi connectivity index (χ1v) is 6.67. The van der Waals surface area contributed by atoms with Gasteiger partial charge in [-0.1, -0.05) is 39.8 Å². The first-order chi connectivity index (χ1) is 7.87. The molecule has 96 valence electrons. The fraction of sp³-hybridized carbons (Fsp3) is 0.625. The Morgan fingerprint density at radius 2 is 1.94 bits per heavy atom. The number of benzene rings is 1. The van der Waals surface area contributed by atoms with Gasteiger partial charge in [0, 0.05) is 12.2 Å².